The number of aliphatic carboxylic acids is 1. The first-order valence-electron chi connectivity index (χ1n) is 1.83. The second-order valence-corrected chi connectivity index (χ2v) is 2.24. The number of carbonyl (C=O) groups excluding carboxylic acids is 1. The molecule has 3 nitrogen and oxygen atoms in total. The van der Waals surface area contributed by atoms with Crippen LogP contribution in [0.4, 0.5) is 0 Å². The zero-order chi connectivity index (χ0) is 5.86. The van der Waals surface area contributed by atoms with Crippen LogP contribution in [0.5, 0.6) is 0 Å². The Morgan fingerprint density at radius 3 is 2.43 bits per heavy atom. The first-order chi connectivity index (χ1) is 3.18. The molecule has 0 aliphatic rings. The molecule has 0 aromatic rings. The fourth-order valence-electron chi connectivity index (χ4n) is 0.0745. The van der Waals surface area contributed by atoms with Crippen LogP contribution < -0.4 is 10.8 Å². The normalized spacial score (nSPS) is 13.4. The summed E-state index contributed by atoms with van der Waals surface area (Å²) >= 11 is 1.44. The van der Waals surface area contributed by atoms with Gasteiger partial charge in [0, 0.05) is 0 Å². The standard InChI is InChI=1S/C3H7NO2Te/c4-2(1-7)3(5)6/h2,7H,1,4H2,(H,5,6)/t2-/m0/s1. The third-order valence-corrected chi connectivity index (χ3v) is 1.81. The quantitative estimate of drug-likeness (QED) is 0.491. The monoisotopic (exact) mass is 219 g/mol. The Morgan fingerprint density at radius 1 is 2.00 bits per heavy atom. The Morgan fingerprint density at radius 2 is 2.43 bits per heavy atom. The average Bonchev–Trinajstić information content (AvgIpc) is 1.65. The molecule has 0 saturated carbocycles. The van der Waals surface area contributed by atoms with E-state index in [2.05, 4.69) is 5.73 Å². The number of carboxylic acid groups (broad SMARTS) is 1. The SMILES string of the molecule is [NH3+][C@@H](C[TeH])C(=O)[O-]. The minimum absolute atomic E-state index is 0.519. The van der Waals surface area contributed by atoms with Crippen LogP contribution in [-0.4, -0.2) is 34.3 Å². The van der Waals surface area contributed by atoms with Gasteiger partial charge in [-0.15, -0.1) is 0 Å². The van der Waals surface area contributed by atoms with Crippen molar-refractivity contribution >= 4 is 28.3 Å². The molecular weight excluding hydrogens is 210 g/mol. The van der Waals surface area contributed by atoms with E-state index in [1.165, 1.54) is 22.3 Å². The van der Waals surface area contributed by atoms with E-state index in [1.807, 2.05) is 0 Å². The molecule has 42 valence electrons. The van der Waals surface area contributed by atoms with E-state index in [0.717, 1.165) is 0 Å². The van der Waals surface area contributed by atoms with Gasteiger partial charge in [0.2, 0.25) is 0 Å². The van der Waals surface area contributed by atoms with Crippen molar-refractivity contribution < 1.29 is 15.6 Å². The number of carboxylic acids is 1. The molecular formula is C3H7NO2Te. The second-order valence-electron chi connectivity index (χ2n) is 1.20. The van der Waals surface area contributed by atoms with E-state index in [-0.39, 0.29) is 0 Å². The molecule has 0 rings (SSSR count). The van der Waals surface area contributed by atoms with Crippen molar-refractivity contribution in [2.75, 3.05) is 0 Å². The van der Waals surface area contributed by atoms with Crippen molar-refractivity contribution in [3.63, 3.8) is 0 Å². The van der Waals surface area contributed by atoms with Gasteiger partial charge >= 0.3 is 54.4 Å². The third-order valence-electron chi connectivity index (χ3n) is 0.554. The van der Waals surface area contributed by atoms with E-state index in [9.17, 15) is 9.90 Å². The van der Waals surface area contributed by atoms with Gasteiger partial charge in [0.25, 0.3) is 0 Å². The fourth-order valence-corrected chi connectivity index (χ4v) is 0.500. The van der Waals surface area contributed by atoms with E-state index < -0.39 is 12.0 Å². The summed E-state index contributed by atoms with van der Waals surface area (Å²) in [5, 5.41) is 9.76. The van der Waals surface area contributed by atoms with Crippen molar-refractivity contribution in [3.05, 3.63) is 0 Å². The summed E-state index contributed by atoms with van der Waals surface area (Å²) in [6, 6.07) is -0.519. The summed E-state index contributed by atoms with van der Waals surface area (Å²) in [7, 11) is 0. The van der Waals surface area contributed by atoms with Crippen molar-refractivity contribution in [3.8, 4) is 0 Å². The summed E-state index contributed by atoms with van der Waals surface area (Å²) in [6.07, 6.45) is 0. The van der Waals surface area contributed by atoms with E-state index in [1.54, 1.807) is 0 Å². The number of hydrogen-bond donors (Lipinski definition) is 1. The fraction of sp³-hybridized carbons (Fsp3) is 0.667. The molecule has 3 N–H and O–H groups in total. The Bertz CT molecular complexity index is 75.3. The van der Waals surface area contributed by atoms with Gasteiger partial charge in [-0.1, -0.05) is 0 Å². The van der Waals surface area contributed by atoms with Crippen LogP contribution in [0.1, 0.15) is 0 Å². The molecule has 4 heteroatoms. The van der Waals surface area contributed by atoms with Crippen molar-refractivity contribution in [2.24, 2.45) is 0 Å². The minimum atomic E-state index is -1.05. The van der Waals surface area contributed by atoms with Crippen LogP contribution in [0, 0.1) is 0 Å². The van der Waals surface area contributed by atoms with E-state index in [0.29, 0.717) is 4.47 Å². The van der Waals surface area contributed by atoms with Gasteiger partial charge in [0.1, 0.15) is 0 Å². The molecule has 0 aromatic carbocycles. The molecule has 0 unspecified atom stereocenters. The number of hydrogen-bond acceptors (Lipinski definition) is 2. The first kappa shape index (κ1) is 7.22. The topological polar surface area (TPSA) is 67.8 Å². The Hall–Kier alpha value is 0.220. The molecule has 0 aliphatic carbocycles. The van der Waals surface area contributed by atoms with Crippen LogP contribution in [0.15, 0.2) is 0 Å². The van der Waals surface area contributed by atoms with Gasteiger partial charge in [-0.05, 0) is 0 Å². The molecule has 0 saturated heterocycles. The van der Waals surface area contributed by atoms with E-state index in [4.69, 9.17) is 0 Å². The van der Waals surface area contributed by atoms with E-state index >= 15 is 0 Å². The van der Waals surface area contributed by atoms with Gasteiger partial charge in [-0.3, -0.25) is 0 Å². The Kier molecular flexibility index (Phi) is 3.35. The van der Waals surface area contributed by atoms with Crippen LogP contribution in [0.2, 0.25) is 4.47 Å². The molecule has 0 bridgehead atoms. The maximum atomic E-state index is 9.76. The molecule has 0 aromatic heterocycles. The molecule has 0 fully saturated rings. The number of quaternary nitrogens is 1. The molecule has 0 amide bonds. The second kappa shape index (κ2) is 3.25. The first-order valence-corrected chi connectivity index (χ1v) is 3.63. The van der Waals surface area contributed by atoms with Gasteiger partial charge in [-0.25, -0.2) is 0 Å². The third kappa shape index (κ3) is 2.86. The van der Waals surface area contributed by atoms with Crippen LogP contribution >= 0.6 is 0 Å². The summed E-state index contributed by atoms with van der Waals surface area (Å²) in [6.45, 7) is 0. The predicted molar refractivity (Wildman–Crippen MR) is 23.6 cm³/mol. The van der Waals surface area contributed by atoms with Gasteiger partial charge in [-0.2, -0.15) is 0 Å². The van der Waals surface area contributed by atoms with Crippen LogP contribution in [-0.2, 0) is 4.79 Å². The van der Waals surface area contributed by atoms with Crippen molar-refractivity contribution in [1.82, 2.24) is 0 Å². The predicted octanol–water partition coefficient (Wildman–Crippen LogP) is -3.33. The summed E-state index contributed by atoms with van der Waals surface area (Å²) < 4.78 is 0.594. The number of rotatable bonds is 2. The zero-order valence-electron chi connectivity index (χ0n) is 3.76. The van der Waals surface area contributed by atoms with Gasteiger partial charge < -0.3 is 0 Å². The summed E-state index contributed by atoms with van der Waals surface area (Å²) in [4.78, 5) is 9.76. The molecule has 7 heavy (non-hydrogen) atoms. The van der Waals surface area contributed by atoms with Crippen LogP contribution in [0.3, 0.4) is 0 Å². The van der Waals surface area contributed by atoms with Crippen molar-refractivity contribution in [2.45, 2.75) is 10.5 Å². The molecule has 0 heterocycles. The maximum absolute atomic E-state index is 9.76. The Labute approximate surface area is 54.8 Å². The summed E-state index contributed by atoms with van der Waals surface area (Å²) in [5.74, 6) is -1.05. The van der Waals surface area contributed by atoms with Crippen molar-refractivity contribution in [1.29, 1.82) is 0 Å². The van der Waals surface area contributed by atoms with Gasteiger partial charge in [0.05, 0.1) is 0 Å². The summed E-state index contributed by atoms with van der Waals surface area (Å²) in [5.41, 5.74) is 3.31. The van der Waals surface area contributed by atoms with Crippen LogP contribution in [0.25, 0.3) is 0 Å². The molecule has 0 radical (unpaired) electrons. The molecule has 1 atom stereocenters. The Balaban J connectivity index is 3.34. The molecule has 0 aliphatic heterocycles. The van der Waals surface area contributed by atoms with Gasteiger partial charge in [0.15, 0.2) is 0 Å². The average molecular weight is 217 g/mol. The number of carbonyl (C=O) groups is 1. The molecule has 0 spiro atoms. The zero-order valence-corrected chi connectivity index (χ0v) is 6.31.